The minimum atomic E-state index is -0.482. The Balaban J connectivity index is 0. The van der Waals surface area contributed by atoms with E-state index < -0.39 is 10.2 Å². The summed E-state index contributed by atoms with van der Waals surface area (Å²) in [4.78, 5) is 10.9. The third-order valence-electron chi connectivity index (χ3n) is 1.14. The number of unbranched alkanes of at least 4 members (excludes halogenated alkanes) is 1. The van der Waals surface area contributed by atoms with Gasteiger partial charge in [0, 0.05) is 6.54 Å². The predicted octanol–water partition coefficient (Wildman–Crippen LogP) is 2.33. The van der Waals surface area contributed by atoms with Gasteiger partial charge in [0.25, 0.3) is 0 Å². The first-order valence-electron chi connectivity index (χ1n) is 3.75. The van der Waals surface area contributed by atoms with Gasteiger partial charge >= 0.3 is 6.09 Å². The van der Waals surface area contributed by atoms with E-state index in [1.54, 1.807) is 0 Å². The van der Waals surface area contributed by atoms with Crippen molar-refractivity contribution in [3.63, 3.8) is 0 Å². The molecule has 0 heterocycles. The fourth-order valence-corrected chi connectivity index (χ4v) is 0.768. The monoisotopic (exact) mass is 317 g/mol. The Labute approximate surface area is 98.5 Å². The highest BCUT2D eigenvalue weighted by atomic mass is 127. The zero-order chi connectivity index (χ0) is 9.40. The van der Waals surface area contributed by atoms with Gasteiger partial charge in [-0.2, -0.15) is 0 Å². The number of nitrogens with one attached hydrogen (secondary N) is 1. The third kappa shape index (κ3) is 9.77. The molecular formula is C8H13ClINO2. The summed E-state index contributed by atoms with van der Waals surface area (Å²) in [5, 5.41) is 2.59. The maximum Gasteiger partial charge on any atom is 0.409 e. The Morgan fingerprint density at radius 3 is 2.85 bits per heavy atom. The van der Waals surface area contributed by atoms with E-state index in [1.807, 2.05) is 22.6 Å². The Morgan fingerprint density at radius 2 is 2.38 bits per heavy atom. The minimum Gasteiger partial charge on any atom is -0.423 e. The van der Waals surface area contributed by atoms with Gasteiger partial charge in [-0.1, -0.05) is 19.3 Å². The van der Waals surface area contributed by atoms with Gasteiger partial charge in [-0.3, -0.25) is 0 Å². The molecular weight excluding hydrogens is 304 g/mol. The lowest BCUT2D eigenvalue weighted by atomic mass is 10.3. The Hall–Kier alpha value is -0.150. The summed E-state index contributed by atoms with van der Waals surface area (Å²) >= 11 is 1.86. The molecule has 0 saturated carbocycles. The maximum atomic E-state index is 10.9. The van der Waals surface area contributed by atoms with Gasteiger partial charge in [-0.15, -0.1) is 18.8 Å². The van der Waals surface area contributed by atoms with Crippen LogP contribution >= 0.6 is 35.0 Å². The first kappa shape index (κ1) is 15.3. The molecule has 0 spiro atoms. The Kier molecular flexibility index (Phi) is 11.7. The summed E-state index contributed by atoms with van der Waals surface area (Å²) < 4.78 is 4.26. The van der Waals surface area contributed by atoms with Crippen molar-refractivity contribution in [3.8, 4) is 12.3 Å². The van der Waals surface area contributed by atoms with Crippen LogP contribution < -0.4 is 5.32 Å². The van der Waals surface area contributed by atoms with E-state index in [1.165, 1.54) is 0 Å². The number of rotatable bonds is 4. The van der Waals surface area contributed by atoms with E-state index in [4.69, 9.17) is 11.2 Å². The van der Waals surface area contributed by atoms with Crippen molar-refractivity contribution in [2.45, 2.75) is 23.9 Å². The SMILES string of the molecule is C#CC(I)OC(=O)NCCCC.Cl. The smallest absolute Gasteiger partial charge is 0.409 e. The predicted molar refractivity (Wildman–Crippen MR) is 63.3 cm³/mol. The lowest BCUT2D eigenvalue weighted by Crippen LogP contribution is -2.27. The largest absolute Gasteiger partial charge is 0.423 e. The number of carbonyl (C=O) groups is 1. The number of halogens is 2. The molecule has 0 aliphatic carbocycles. The zero-order valence-corrected chi connectivity index (χ0v) is 10.4. The van der Waals surface area contributed by atoms with Crippen LogP contribution in [0.5, 0.6) is 0 Å². The molecule has 0 rings (SSSR count). The van der Waals surface area contributed by atoms with Crippen molar-refractivity contribution in [1.29, 1.82) is 0 Å². The molecule has 1 amide bonds. The van der Waals surface area contributed by atoms with Crippen molar-refractivity contribution in [2.24, 2.45) is 0 Å². The summed E-state index contributed by atoms with van der Waals surface area (Å²) in [6.45, 7) is 2.69. The molecule has 76 valence electrons. The van der Waals surface area contributed by atoms with Crippen LogP contribution in [-0.2, 0) is 4.74 Å². The molecule has 0 aliphatic rings. The second-order valence-corrected chi connectivity index (χ2v) is 3.30. The fraction of sp³-hybridized carbons (Fsp3) is 0.625. The van der Waals surface area contributed by atoms with Crippen LogP contribution in [-0.4, -0.2) is 16.7 Å². The average molecular weight is 318 g/mol. The first-order valence-corrected chi connectivity index (χ1v) is 5.00. The highest BCUT2D eigenvalue weighted by Crippen LogP contribution is 2.00. The molecule has 3 nitrogen and oxygen atoms in total. The highest BCUT2D eigenvalue weighted by molar-refractivity contribution is 14.1. The van der Waals surface area contributed by atoms with Gasteiger partial charge < -0.3 is 10.1 Å². The lowest BCUT2D eigenvalue weighted by molar-refractivity contribution is 0.155. The zero-order valence-electron chi connectivity index (χ0n) is 7.38. The van der Waals surface area contributed by atoms with E-state index in [-0.39, 0.29) is 12.4 Å². The van der Waals surface area contributed by atoms with E-state index in [0.29, 0.717) is 6.54 Å². The summed E-state index contributed by atoms with van der Waals surface area (Å²) in [6.07, 6.45) is 6.57. The molecule has 5 heteroatoms. The number of hydrogen-bond acceptors (Lipinski definition) is 2. The fourth-order valence-electron chi connectivity index (χ4n) is 0.537. The van der Waals surface area contributed by atoms with Crippen molar-refractivity contribution in [2.75, 3.05) is 6.54 Å². The number of alkyl carbamates (subject to hydrolysis) is 1. The number of alkyl halides is 1. The van der Waals surface area contributed by atoms with Gasteiger partial charge in [-0.25, -0.2) is 4.79 Å². The second-order valence-electron chi connectivity index (χ2n) is 2.17. The van der Waals surface area contributed by atoms with E-state index in [2.05, 4.69) is 18.2 Å². The summed E-state index contributed by atoms with van der Waals surface area (Å²) in [6, 6.07) is 0. The van der Waals surface area contributed by atoms with Gasteiger partial charge in [0.1, 0.15) is 0 Å². The molecule has 0 radical (unpaired) electrons. The van der Waals surface area contributed by atoms with Crippen molar-refractivity contribution < 1.29 is 9.53 Å². The van der Waals surface area contributed by atoms with Crippen molar-refractivity contribution in [3.05, 3.63) is 0 Å². The maximum absolute atomic E-state index is 10.9. The quantitative estimate of drug-likeness (QED) is 0.374. The van der Waals surface area contributed by atoms with Gasteiger partial charge in [-0.05, 0) is 29.0 Å². The number of terminal acetylenes is 1. The van der Waals surface area contributed by atoms with Crippen LogP contribution in [0.1, 0.15) is 19.8 Å². The molecule has 13 heavy (non-hydrogen) atoms. The average Bonchev–Trinajstić information content (AvgIpc) is 2.05. The standard InChI is InChI=1S/C8H12INO2.ClH/c1-3-5-6-10-8(11)12-7(9)4-2;/h2,7H,3,5-6H2,1H3,(H,10,11);1H. The van der Waals surface area contributed by atoms with Crippen molar-refractivity contribution in [1.82, 2.24) is 5.32 Å². The van der Waals surface area contributed by atoms with Crippen LogP contribution in [0.2, 0.25) is 0 Å². The molecule has 0 aromatic rings. The van der Waals surface area contributed by atoms with Crippen molar-refractivity contribution >= 4 is 41.1 Å². The molecule has 0 aliphatic heterocycles. The molecule has 1 atom stereocenters. The molecule has 0 aromatic heterocycles. The number of ether oxygens (including phenoxy) is 1. The van der Waals surface area contributed by atoms with E-state index in [9.17, 15) is 4.79 Å². The van der Waals surface area contributed by atoms with E-state index >= 15 is 0 Å². The second kappa shape index (κ2) is 9.93. The summed E-state index contributed by atoms with van der Waals surface area (Å²) in [5.41, 5.74) is 0. The van der Waals surface area contributed by atoms with Gasteiger partial charge in [0.15, 0.2) is 0 Å². The van der Waals surface area contributed by atoms with Crippen LogP contribution in [0.3, 0.4) is 0 Å². The Morgan fingerprint density at radius 1 is 1.77 bits per heavy atom. The lowest BCUT2D eigenvalue weighted by Gasteiger charge is -2.06. The normalized spacial score (nSPS) is 10.5. The van der Waals surface area contributed by atoms with Crippen LogP contribution in [0.4, 0.5) is 4.79 Å². The Bertz CT molecular complexity index is 181. The van der Waals surface area contributed by atoms with Crippen LogP contribution in [0.15, 0.2) is 0 Å². The third-order valence-corrected chi connectivity index (χ3v) is 1.76. The summed E-state index contributed by atoms with van der Waals surface area (Å²) in [7, 11) is 0. The molecule has 0 aromatic carbocycles. The number of hydrogen-bond donors (Lipinski definition) is 1. The minimum absolute atomic E-state index is 0. The van der Waals surface area contributed by atoms with Crippen LogP contribution in [0, 0.1) is 12.3 Å². The molecule has 0 bridgehead atoms. The molecule has 0 saturated heterocycles. The van der Waals surface area contributed by atoms with Crippen LogP contribution in [0.25, 0.3) is 0 Å². The van der Waals surface area contributed by atoms with Gasteiger partial charge in [0.05, 0.1) is 0 Å². The molecule has 1 N–H and O–H groups in total. The molecule has 0 fully saturated rings. The highest BCUT2D eigenvalue weighted by Gasteiger charge is 2.05. The number of amides is 1. The van der Waals surface area contributed by atoms with E-state index in [0.717, 1.165) is 12.8 Å². The van der Waals surface area contributed by atoms with Gasteiger partial charge in [0.2, 0.25) is 4.11 Å². The topological polar surface area (TPSA) is 38.3 Å². The number of carbonyl (C=O) groups excluding carboxylic acids is 1. The molecule has 1 unspecified atom stereocenters. The first-order chi connectivity index (χ1) is 5.70. The summed E-state index contributed by atoms with van der Waals surface area (Å²) in [5.74, 6) is 2.29.